The van der Waals surface area contributed by atoms with Crippen molar-refractivity contribution in [2.24, 2.45) is 16.6 Å². The third-order valence-electron chi connectivity index (χ3n) is 7.94. The van der Waals surface area contributed by atoms with Gasteiger partial charge in [-0.2, -0.15) is 4.98 Å². The molecule has 0 spiro atoms. The van der Waals surface area contributed by atoms with Crippen LogP contribution in [0.25, 0.3) is 17.0 Å². The molecule has 1 amide bonds. The number of carbonyl (C=O) groups excluding carboxylic acids is 1. The number of nitrogens with one attached hydrogen (secondary N) is 1. The number of aryl methyl sites for hydroxylation is 1. The Morgan fingerprint density at radius 2 is 2.00 bits per heavy atom. The minimum Gasteiger partial charge on any atom is -0.381 e. The van der Waals surface area contributed by atoms with Gasteiger partial charge in [-0.1, -0.05) is 41.5 Å². The van der Waals surface area contributed by atoms with E-state index in [2.05, 4.69) is 22.0 Å². The van der Waals surface area contributed by atoms with Gasteiger partial charge in [-0.05, 0) is 70.1 Å². The molecule has 40 heavy (non-hydrogen) atoms. The zero-order valence-electron chi connectivity index (χ0n) is 23.2. The van der Waals surface area contributed by atoms with Gasteiger partial charge in [0.25, 0.3) is 5.91 Å². The van der Waals surface area contributed by atoms with Gasteiger partial charge >= 0.3 is 0 Å². The van der Waals surface area contributed by atoms with Crippen molar-refractivity contribution in [2.75, 3.05) is 19.8 Å². The number of rotatable bonds is 7. The van der Waals surface area contributed by atoms with Gasteiger partial charge in [0, 0.05) is 59.5 Å². The van der Waals surface area contributed by atoms with Crippen molar-refractivity contribution in [1.82, 2.24) is 20.4 Å². The van der Waals surface area contributed by atoms with Crippen LogP contribution < -0.4 is 11.1 Å². The minimum atomic E-state index is -0.121. The summed E-state index contributed by atoms with van der Waals surface area (Å²) in [6.45, 7) is 9.98. The quantitative estimate of drug-likeness (QED) is 0.484. The number of aliphatic imine (C=N–C) groups is 1. The Labute approximate surface area is 240 Å². The van der Waals surface area contributed by atoms with Crippen molar-refractivity contribution in [3.8, 4) is 11.4 Å². The summed E-state index contributed by atoms with van der Waals surface area (Å²) in [5.41, 5.74) is 8.71. The molecule has 5 rings (SSSR count). The van der Waals surface area contributed by atoms with E-state index in [1.807, 2.05) is 36.1 Å². The fourth-order valence-corrected chi connectivity index (χ4v) is 5.96. The Morgan fingerprint density at radius 3 is 2.62 bits per heavy atom. The fraction of sp³-hybridized carbons (Fsp3) is 0.467. The van der Waals surface area contributed by atoms with E-state index in [1.54, 1.807) is 13.0 Å². The summed E-state index contributed by atoms with van der Waals surface area (Å²) in [4.78, 5) is 25.4. The van der Waals surface area contributed by atoms with Crippen molar-refractivity contribution in [3.05, 3.63) is 64.8 Å². The molecule has 2 fully saturated rings. The van der Waals surface area contributed by atoms with Crippen LogP contribution in [0, 0.1) is 12.8 Å². The molecular weight excluding hydrogens is 528 g/mol. The molecule has 3 N–H and O–H groups in total. The van der Waals surface area contributed by atoms with E-state index in [1.165, 1.54) is 0 Å². The standard InChI is InChI=1S/C30H37ClN6O3/c1-4-21-15-26(25-10-7-22(16-27(25)31)28-35-19(3)40-36-28)30(38)37(24-8-5-20(17-32)6-9-24)29(21)34-18(2)33-23-11-13-39-14-12-23/h4,7,10,15-16,20,23-24,33H,2,5-6,8-9,11-14,17,32H2,1,3H3/b21-4-,34-29+. The van der Waals surface area contributed by atoms with Crippen LogP contribution in [-0.4, -0.2) is 58.6 Å². The first-order valence-corrected chi connectivity index (χ1v) is 14.4. The van der Waals surface area contributed by atoms with E-state index in [9.17, 15) is 4.79 Å². The maximum Gasteiger partial charge on any atom is 0.260 e. The maximum absolute atomic E-state index is 14.3. The molecule has 1 saturated heterocycles. The topological polar surface area (TPSA) is 119 Å². The molecule has 0 atom stereocenters. The smallest absolute Gasteiger partial charge is 0.260 e. The number of allylic oxidation sites excluding steroid dienone is 1. The number of benzene rings is 1. The predicted octanol–water partition coefficient (Wildman–Crippen LogP) is 5.03. The number of hydrogen-bond donors (Lipinski definition) is 2. The number of halogens is 1. The highest BCUT2D eigenvalue weighted by Crippen LogP contribution is 2.37. The van der Waals surface area contributed by atoms with E-state index in [0.717, 1.165) is 49.7 Å². The molecule has 3 aliphatic rings. The molecule has 1 aliphatic carbocycles. The van der Waals surface area contributed by atoms with Crippen LogP contribution in [0.1, 0.15) is 56.9 Å². The molecule has 0 bridgehead atoms. The van der Waals surface area contributed by atoms with Crippen LogP contribution in [0.15, 0.2) is 57.8 Å². The second-order valence-electron chi connectivity index (χ2n) is 10.6. The molecule has 2 aliphatic heterocycles. The Kier molecular flexibility index (Phi) is 8.83. The van der Waals surface area contributed by atoms with Gasteiger partial charge in [0.05, 0.1) is 0 Å². The normalized spacial score (nSPS) is 24.4. The van der Waals surface area contributed by atoms with Crippen molar-refractivity contribution in [1.29, 1.82) is 0 Å². The average molecular weight is 565 g/mol. The summed E-state index contributed by atoms with van der Waals surface area (Å²) in [6, 6.07) is 5.72. The van der Waals surface area contributed by atoms with Gasteiger partial charge in [-0.3, -0.25) is 9.69 Å². The van der Waals surface area contributed by atoms with Crippen LogP contribution in [0.3, 0.4) is 0 Å². The lowest BCUT2D eigenvalue weighted by atomic mass is 9.84. The second-order valence-corrected chi connectivity index (χ2v) is 11.0. The van der Waals surface area contributed by atoms with E-state index in [4.69, 9.17) is 31.6 Å². The third kappa shape index (κ3) is 6.06. The first-order chi connectivity index (χ1) is 19.4. The summed E-state index contributed by atoms with van der Waals surface area (Å²) < 4.78 is 10.6. The summed E-state index contributed by atoms with van der Waals surface area (Å²) in [5.74, 6) is 2.44. The van der Waals surface area contributed by atoms with Gasteiger partial charge in [0.1, 0.15) is 11.7 Å². The Balaban J connectivity index is 1.50. The molecule has 2 aromatic rings. The van der Waals surface area contributed by atoms with E-state index >= 15 is 0 Å². The maximum atomic E-state index is 14.3. The van der Waals surface area contributed by atoms with Crippen molar-refractivity contribution >= 4 is 28.9 Å². The molecule has 0 unspecified atom stereocenters. The molecule has 1 aromatic heterocycles. The van der Waals surface area contributed by atoms with Crippen LogP contribution in [0.5, 0.6) is 0 Å². The van der Waals surface area contributed by atoms with Gasteiger partial charge in [0.2, 0.25) is 11.7 Å². The Bertz CT molecular complexity index is 1350. The summed E-state index contributed by atoms with van der Waals surface area (Å²) in [7, 11) is 0. The number of amidine groups is 1. The first-order valence-electron chi connectivity index (χ1n) is 14.0. The van der Waals surface area contributed by atoms with Crippen LogP contribution >= 0.6 is 11.6 Å². The van der Waals surface area contributed by atoms with E-state index in [0.29, 0.717) is 65.2 Å². The van der Waals surface area contributed by atoms with Crippen molar-refractivity contribution in [3.63, 3.8) is 0 Å². The van der Waals surface area contributed by atoms with Gasteiger partial charge < -0.3 is 20.3 Å². The molecule has 0 radical (unpaired) electrons. The SMILES string of the molecule is C=C(/N=C1\C(=C/C)C=C(c2ccc(-c3noc(C)n3)cc2Cl)C(=O)N1C1CCC(CN)CC1)NC1CCOCC1. The number of aromatic nitrogens is 2. The zero-order chi connectivity index (χ0) is 28.2. The number of hydrogen-bond acceptors (Lipinski definition) is 8. The molecular formula is C30H37ClN6O3. The molecule has 10 heteroatoms. The summed E-state index contributed by atoms with van der Waals surface area (Å²) >= 11 is 6.78. The summed E-state index contributed by atoms with van der Waals surface area (Å²) in [5, 5.41) is 7.86. The molecule has 1 saturated carbocycles. The Hall–Kier alpha value is -3.27. The highest BCUT2D eigenvalue weighted by Gasteiger charge is 2.38. The predicted molar refractivity (Wildman–Crippen MR) is 156 cm³/mol. The summed E-state index contributed by atoms with van der Waals surface area (Å²) in [6.07, 6.45) is 9.33. The Morgan fingerprint density at radius 1 is 1.25 bits per heavy atom. The second kappa shape index (κ2) is 12.5. The lowest BCUT2D eigenvalue weighted by molar-refractivity contribution is -0.123. The van der Waals surface area contributed by atoms with Gasteiger partial charge in [-0.25, -0.2) is 4.99 Å². The average Bonchev–Trinajstić information content (AvgIpc) is 3.40. The molecule has 212 valence electrons. The number of nitrogens with zero attached hydrogens (tertiary/aromatic N) is 4. The minimum absolute atomic E-state index is 0.00364. The highest BCUT2D eigenvalue weighted by molar-refractivity contribution is 6.37. The van der Waals surface area contributed by atoms with E-state index in [-0.39, 0.29) is 18.0 Å². The number of ether oxygens (including phenoxy) is 1. The van der Waals surface area contributed by atoms with Crippen LogP contribution in [0.2, 0.25) is 5.02 Å². The van der Waals surface area contributed by atoms with Gasteiger partial charge in [0.15, 0.2) is 0 Å². The molecule has 1 aromatic carbocycles. The van der Waals surface area contributed by atoms with Crippen molar-refractivity contribution < 1.29 is 14.1 Å². The highest BCUT2D eigenvalue weighted by atomic mass is 35.5. The number of amides is 1. The molecule has 9 nitrogen and oxygen atoms in total. The van der Waals surface area contributed by atoms with Gasteiger partial charge in [-0.15, -0.1) is 0 Å². The largest absolute Gasteiger partial charge is 0.381 e. The number of nitrogens with two attached hydrogens (primary N) is 1. The fourth-order valence-electron chi connectivity index (χ4n) is 5.67. The van der Waals surface area contributed by atoms with E-state index < -0.39 is 0 Å². The number of carbonyl (C=O) groups is 1. The van der Waals surface area contributed by atoms with Crippen LogP contribution in [-0.2, 0) is 9.53 Å². The monoisotopic (exact) mass is 564 g/mol. The van der Waals surface area contributed by atoms with Crippen LogP contribution in [0.4, 0.5) is 0 Å². The first kappa shape index (κ1) is 28.3. The molecule has 3 heterocycles. The third-order valence-corrected chi connectivity index (χ3v) is 8.25. The lowest BCUT2D eigenvalue weighted by Gasteiger charge is -2.40. The van der Waals surface area contributed by atoms with Crippen molar-refractivity contribution in [2.45, 2.75) is 64.5 Å². The zero-order valence-corrected chi connectivity index (χ0v) is 23.9. The lowest BCUT2D eigenvalue weighted by Crippen LogP contribution is -2.49.